The average Bonchev–Trinajstić information content (AvgIpc) is 1.99. The van der Waals surface area contributed by atoms with Crippen LogP contribution in [0.3, 0.4) is 0 Å². The highest BCUT2D eigenvalue weighted by Gasteiger charge is 2.17. The Hall–Kier alpha value is -0.190. The standard InChI is InChI=1S/C6H13FO3/c1-4-9-6(8-3)5(2)10-7/h5-6H,4H2,1-3H3. The average molecular weight is 152 g/mol. The van der Waals surface area contributed by atoms with Crippen LogP contribution in [-0.4, -0.2) is 26.1 Å². The molecule has 0 aromatic heterocycles. The summed E-state index contributed by atoms with van der Waals surface area (Å²) < 4.78 is 21.2. The van der Waals surface area contributed by atoms with E-state index in [0.717, 1.165) is 0 Å². The van der Waals surface area contributed by atoms with Gasteiger partial charge in [-0.3, -0.25) is 0 Å². The van der Waals surface area contributed by atoms with Gasteiger partial charge in [0.2, 0.25) is 0 Å². The van der Waals surface area contributed by atoms with Crippen molar-refractivity contribution in [2.24, 2.45) is 0 Å². The zero-order valence-electron chi connectivity index (χ0n) is 6.46. The van der Waals surface area contributed by atoms with Gasteiger partial charge in [-0.05, 0) is 18.4 Å². The van der Waals surface area contributed by atoms with Crippen molar-refractivity contribution < 1.29 is 18.9 Å². The molecule has 0 aromatic carbocycles. The van der Waals surface area contributed by atoms with Gasteiger partial charge in [-0.1, -0.05) is 0 Å². The second-order valence-electron chi connectivity index (χ2n) is 1.85. The van der Waals surface area contributed by atoms with Crippen molar-refractivity contribution in [1.29, 1.82) is 0 Å². The van der Waals surface area contributed by atoms with Gasteiger partial charge in [0.05, 0.1) is 0 Å². The number of methoxy groups -OCH3 is 1. The summed E-state index contributed by atoms with van der Waals surface area (Å²) in [6, 6.07) is 0. The molecule has 0 saturated heterocycles. The van der Waals surface area contributed by atoms with E-state index in [2.05, 4.69) is 4.94 Å². The predicted molar refractivity (Wildman–Crippen MR) is 34.1 cm³/mol. The van der Waals surface area contributed by atoms with Gasteiger partial charge in [-0.25, -0.2) is 0 Å². The van der Waals surface area contributed by atoms with E-state index in [1.54, 1.807) is 6.92 Å². The van der Waals surface area contributed by atoms with E-state index in [-0.39, 0.29) is 0 Å². The summed E-state index contributed by atoms with van der Waals surface area (Å²) in [4.78, 5) is 3.51. The molecule has 0 heterocycles. The van der Waals surface area contributed by atoms with Crippen LogP contribution in [0.25, 0.3) is 0 Å². The normalized spacial score (nSPS) is 16.8. The van der Waals surface area contributed by atoms with Crippen LogP contribution in [0.4, 0.5) is 4.53 Å². The topological polar surface area (TPSA) is 27.7 Å². The lowest BCUT2D eigenvalue weighted by molar-refractivity contribution is -0.263. The van der Waals surface area contributed by atoms with E-state index in [4.69, 9.17) is 9.47 Å². The van der Waals surface area contributed by atoms with E-state index >= 15 is 0 Å². The summed E-state index contributed by atoms with van der Waals surface area (Å²) in [7, 11) is 1.44. The molecule has 0 aromatic rings. The van der Waals surface area contributed by atoms with Gasteiger partial charge in [0, 0.05) is 13.7 Å². The summed E-state index contributed by atoms with van der Waals surface area (Å²) in [5.41, 5.74) is 0. The van der Waals surface area contributed by atoms with Crippen LogP contribution in [-0.2, 0) is 14.4 Å². The van der Waals surface area contributed by atoms with Gasteiger partial charge < -0.3 is 9.47 Å². The molecule has 0 aliphatic carbocycles. The minimum atomic E-state index is -0.676. The number of hydrogen-bond acceptors (Lipinski definition) is 3. The van der Waals surface area contributed by atoms with Crippen LogP contribution in [0.15, 0.2) is 0 Å². The van der Waals surface area contributed by atoms with Crippen molar-refractivity contribution in [3.8, 4) is 0 Å². The maximum Gasteiger partial charge on any atom is 0.186 e. The van der Waals surface area contributed by atoms with Crippen LogP contribution in [0.5, 0.6) is 0 Å². The van der Waals surface area contributed by atoms with E-state index < -0.39 is 12.4 Å². The van der Waals surface area contributed by atoms with Gasteiger partial charge in [0.1, 0.15) is 6.10 Å². The molecule has 62 valence electrons. The maximum atomic E-state index is 11.5. The van der Waals surface area contributed by atoms with E-state index in [1.807, 2.05) is 0 Å². The molecule has 10 heavy (non-hydrogen) atoms. The minimum absolute atomic E-state index is 0.478. The lowest BCUT2D eigenvalue weighted by atomic mass is 10.4. The lowest BCUT2D eigenvalue weighted by Crippen LogP contribution is -2.28. The van der Waals surface area contributed by atoms with Crippen LogP contribution in [0, 0.1) is 0 Å². The number of hydrogen-bond donors (Lipinski definition) is 0. The van der Waals surface area contributed by atoms with E-state index in [0.29, 0.717) is 6.61 Å². The van der Waals surface area contributed by atoms with Crippen molar-refractivity contribution in [1.82, 2.24) is 0 Å². The molecule has 0 aliphatic heterocycles. The van der Waals surface area contributed by atoms with Gasteiger partial charge in [-0.15, -0.1) is 0 Å². The summed E-state index contributed by atoms with van der Waals surface area (Å²) >= 11 is 0. The molecule has 0 saturated carbocycles. The van der Waals surface area contributed by atoms with E-state index in [9.17, 15) is 4.53 Å². The Balaban J connectivity index is 3.56. The molecule has 0 bridgehead atoms. The first-order valence-electron chi connectivity index (χ1n) is 3.18. The van der Waals surface area contributed by atoms with Gasteiger partial charge in [0.25, 0.3) is 0 Å². The first kappa shape index (κ1) is 9.81. The zero-order valence-corrected chi connectivity index (χ0v) is 6.46. The molecule has 0 radical (unpaired) electrons. The molecule has 0 amide bonds. The highest BCUT2D eigenvalue weighted by atomic mass is 19.3. The Labute approximate surface area is 60.0 Å². The first-order valence-corrected chi connectivity index (χ1v) is 3.18. The molecular weight excluding hydrogens is 139 g/mol. The second kappa shape index (κ2) is 5.58. The first-order chi connectivity index (χ1) is 4.76. The summed E-state index contributed by atoms with van der Waals surface area (Å²) in [6.07, 6.45) is -1.29. The molecule has 0 fully saturated rings. The van der Waals surface area contributed by atoms with Crippen molar-refractivity contribution in [3.05, 3.63) is 0 Å². The predicted octanol–water partition coefficient (Wildman–Crippen LogP) is 1.28. The summed E-state index contributed by atoms with van der Waals surface area (Å²) in [5, 5.41) is 0. The van der Waals surface area contributed by atoms with Crippen LogP contribution in [0.2, 0.25) is 0 Å². The third-order valence-electron chi connectivity index (χ3n) is 1.09. The fourth-order valence-corrected chi connectivity index (χ4v) is 0.601. The molecule has 0 spiro atoms. The smallest absolute Gasteiger partial charge is 0.186 e. The van der Waals surface area contributed by atoms with Gasteiger partial charge >= 0.3 is 0 Å². The molecular formula is C6H13FO3. The molecule has 2 unspecified atom stereocenters. The number of halogens is 1. The second-order valence-corrected chi connectivity index (χ2v) is 1.85. The zero-order chi connectivity index (χ0) is 7.98. The molecule has 2 atom stereocenters. The highest BCUT2D eigenvalue weighted by molar-refractivity contribution is 4.51. The fourth-order valence-electron chi connectivity index (χ4n) is 0.601. The molecule has 3 nitrogen and oxygen atoms in total. The van der Waals surface area contributed by atoms with Crippen molar-refractivity contribution in [2.45, 2.75) is 26.2 Å². The Kier molecular flexibility index (Phi) is 5.48. The van der Waals surface area contributed by atoms with Crippen LogP contribution >= 0.6 is 0 Å². The third-order valence-corrected chi connectivity index (χ3v) is 1.09. The highest BCUT2D eigenvalue weighted by Crippen LogP contribution is 2.04. The Bertz CT molecular complexity index is 79.4. The van der Waals surface area contributed by atoms with Crippen molar-refractivity contribution >= 4 is 0 Å². The van der Waals surface area contributed by atoms with Gasteiger partial charge in [0.15, 0.2) is 6.29 Å². The fraction of sp³-hybridized carbons (Fsp3) is 1.00. The van der Waals surface area contributed by atoms with Crippen molar-refractivity contribution in [2.75, 3.05) is 13.7 Å². The Morgan fingerprint density at radius 1 is 1.50 bits per heavy atom. The third kappa shape index (κ3) is 3.10. The maximum absolute atomic E-state index is 11.5. The summed E-state index contributed by atoms with van der Waals surface area (Å²) in [6.45, 7) is 3.81. The van der Waals surface area contributed by atoms with Gasteiger partial charge in [-0.2, -0.15) is 4.94 Å². The summed E-state index contributed by atoms with van der Waals surface area (Å²) in [5.74, 6) is 0. The number of rotatable bonds is 5. The van der Waals surface area contributed by atoms with Crippen LogP contribution < -0.4 is 0 Å². The minimum Gasteiger partial charge on any atom is -0.353 e. The molecule has 4 heteroatoms. The van der Waals surface area contributed by atoms with Crippen molar-refractivity contribution in [3.63, 3.8) is 0 Å². The molecule has 0 rings (SSSR count). The Morgan fingerprint density at radius 2 is 2.10 bits per heavy atom. The molecule has 0 aliphatic rings. The monoisotopic (exact) mass is 152 g/mol. The Morgan fingerprint density at radius 3 is 2.40 bits per heavy atom. The van der Waals surface area contributed by atoms with Crippen LogP contribution in [0.1, 0.15) is 13.8 Å². The quantitative estimate of drug-likeness (QED) is 0.555. The largest absolute Gasteiger partial charge is 0.353 e. The lowest BCUT2D eigenvalue weighted by Gasteiger charge is -2.17. The van der Waals surface area contributed by atoms with E-state index in [1.165, 1.54) is 14.0 Å². The molecule has 0 N–H and O–H groups in total. The number of ether oxygens (including phenoxy) is 2. The SMILES string of the molecule is CCOC(OC)C(C)OF.